The van der Waals surface area contributed by atoms with Crippen LogP contribution in [-0.2, 0) is 11.8 Å². The predicted molar refractivity (Wildman–Crippen MR) is 106 cm³/mol. The Morgan fingerprint density at radius 1 is 1.15 bits per heavy atom. The number of ether oxygens (including phenoxy) is 1. The van der Waals surface area contributed by atoms with Gasteiger partial charge in [-0.05, 0) is 29.5 Å². The Morgan fingerprint density at radius 3 is 2.50 bits per heavy atom. The van der Waals surface area contributed by atoms with Gasteiger partial charge >= 0.3 is 0 Å². The standard InChI is InChI=1S/C23H29NO2/c1-22(2,3)15-24(5)21(25)18-11-12-19-20(13-18)26-16-23(19,4)14-17-9-7-6-8-10-17/h6-13H,14-16H2,1-5H3. The fraction of sp³-hybridized carbons (Fsp3) is 0.435. The van der Waals surface area contributed by atoms with Crippen molar-refractivity contribution in [3.05, 3.63) is 65.2 Å². The van der Waals surface area contributed by atoms with E-state index in [2.05, 4.69) is 58.0 Å². The molecule has 1 aliphatic rings. The van der Waals surface area contributed by atoms with Gasteiger partial charge in [0.15, 0.2) is 0 Å². The number of amides is 1. The van der Waals surface area contributed by atoms with Gasteiger partial charge < -0.3 is 9.64 Å². The zero-order chi connectivity index (χ0) is 18.9. The maximum Gasteiger partial charge on any atom is 0.253 e. The van der Waals surface area contributed by atoms with Crippen molar-refractivity contribution in [2.75, 3.05) is 20.2 Å². The van der Waals surface area contributed by atoms with Crippen LogP contribution in [0.1, 0.15) is 49.2 Å². The zero-order valence-corrected chi connectivity index (χ0v) is 16.5. The number of benzene rings is 2. The van der Waals surface area contributed by atoms with E-state index < -0.39 is 0 Å². The first-order valence-electron chi connectivity index (χ1n) is 9.25. The van der Waals surface area contributed by atoms with Crippen LogP contribution in [0.2, 0.25) is 0 Å². The average molecular weight is 351 g/mol. The Hall–Kier alpha value is -2.29. The van der Waals surface area contributed by atoms with Crippen molar-refractivity contribution in [2.24, 2.45) is 5.41 Å². The Morgan fingerprint density at radius 2 is 1.85 bits per heavy atom. The Balaban J connectivity index is 1.81. The molecule has 3 heteroatoms. The van der Waals surface area contributed by atoms with Gasteiger partial charge in [-0.3, -0.25) is 4.79 Å². The smallest absolute Gasteiger partial charge is 0.253 e. The first-order chi connectivity index (χ1) is 12.2. The van der Waals surface area contributed by atoms with Crippen molar-refractivity contribution in [1.82, 2.24) is 4.90 Å². The van der Waals surface area contributed by atoms with Gasteiger partial charge in [0.05, 0.1) is 6.61 Å². The van der Waals surface area contributed by atoms with Crippen LogP contribution in [0, 0.1) is 5.41 Å². The summed E-state index contributed by atoms with van der Waals surface area (Å²) in [5.74, 6) is 0.890. The van der Waals surface area contributed by atoms with Crippen LogP contribution in [0.5, 0.6) is 5.75 Å². The van der Waals surface area contributed by atoms with Gasteiger partial charge in [0, 0.05) is 30.1 Å². The van der Waals surface area contributed by atoms with Gasteiger partial charge in [-0.1, -0.05) is 64.1 Å². The van der Waals surface area contributed by atoms with Crippen molar-refractivity contribution < 1.29 is 9.53 Å². The van der Waals surface area contributed by atoms with Crippen molar-refractivity contribution in [2.45, 2.75) is 39.5 Å². The summed E-state index contributed by atoms with van der Waals surface area (Å²) < 4.78 is 5.99. The minimum Gasteiger partial charge on any atom is -0.492 e. The van der Waals surface area contributed by atoms with Crippen molar-refractivity contribution in [3.63, 3.8) is 0 Å². The summed E-state index contributed by atoms with van der Waals surface area (Å²) in [4.78, 5) is 14.5. The lowest BCUT2D eigenvalue weighted by Crippen LogP contribution is -2.34. The van der Waals surface area contributed by atoms with Crippen molar-refractivity contribution in [1.29, 1.82) is 0 Å². The number of carbonyl (C=O) groups is 1. The van der Waals surface area contributed by atoms with E-state index in [4.69, 9.17) is 4.74 Å². The minimum atomic E-state index is -0.0599. The monoisotopic (exact) mass is 351 g/mol. The largest absolute Gasteiger partial charge is 0.492 e. The number of fused-ring (bicyclic) bond motifs is 1. The molecule has 0 radical (unpaired) electrons. The molecule has 1 unspecified atom stereocenters. The normalized spacial score (nSPS) is 19.0. The quantitative estimate of drug-likeness (QED) is 0.799. The van der Waals surface area contributed by atoms with E-state index in [9.17, 15) is 4.79 Å². The maximum absolute atomic E-state index is 12.7. The highest BCUT2D eigenvalue weighted by atomic mass is 16.5. The molecule has 0 saturated carbocycles. The fourth-order valence-electron chi connectivity index (χ4n) is 3.78. The van der Waals surface area contributed by atoms with Crippen LogP contribution in [-0.4, -0.2) is 31.0 Å². The van der Waals surface area contributed by atoms with Crippen LogP contribution < -0.4 is 4.74 Å². The van der Waals surface area contributed by atoms with Crippen LogP contribution >= 0.6 is 0 Å². The van der Waals surface area contributed by atoms with Crippen LogP contribution in [0.15, 0.2) is 48.5 Å². The first-order valence-corrected chi connectivity index (χ1v) is 9.25. The second-order valence-electron chi connectivity index (χ2n) is 8.94. The molecular weight excluding hydrogens is 322 g/mol. The third kappa shape index (κ3) is 3.92. The van der Waals surface area contributed by atoms with Gasteiger partial charge in [0.1, 0.15) is 5.75 Å². The lowest BCUT2D eigenvalue weighted by molar-refractivity contribution is 0.0745. The van der Waals surface area contributed by atoms with E-state index in [1.165, 1.54) is 11.1 Å². The highest BCUT2D eigenvalue weighted by Gasteiger charge is 2.37. The van der Waals surface area contributed by atoms with Gasteiger partial charge in [-0.15, -0.1) is 0 Å². The SMILES string of the molecule is CN(CC(C)(C)C)C(=O)c1ccc2c(c1)OCC2(C)Cc1ccccc1. The van der Waals surface area contributed by atoms with E-state index in [1.807, 2.05) is 25.2 Å². The molecule has 3 nitrogen and oxygen atoms in total. The summed E-state index contributed by atoms with van der Waals surface area (Å²) in [6.07, 6.45) is 0.929. The summed E-state index contributed by atoms with van der Waals surface area (Å²) in [5.41, 5.74) is 3.20. The molecule has 0 N–H and O–H groups in total. The Kier molecular flexibility index (Phi) is 4.83. The van der Waals surface area contributed by atoms with Crippen molar-refractivity contribution in [3.8, 4) is 5.75 Å². The predicted octanol–water partition coefficient (Wildman–Crippen LogP) is 4.70. The van der Waals surface area contributed by atoms with Gasteiger partial charge in [0.2, 0.25) is 0 Å². The lowest BCUT2D eigenvalue weighted by Gasteiger charge is -2.27. The number of rotatable bonds is 4. The molecule has 1 aliphatic heterocycles. The van der Waals surface area contributed by atoms with Crippen LogP contribution in [0.4, 0.5) is 0 Å². The van der Waals surface area contributed by atoms with E-state index in [0.29, 0.717) is 12.2 Å². The lowest BCUT2D eigenvalue weighted by atomic mass is 9.79. The van der Waals surface area contributed by atoms with Gasteiger partial charge in [0.25, 0.3) is 5.91 Å². The van der Waals surface area contributed by atoms with Gasteiger partial charge in [-0.25, -0.2) is 0 Å². The Labute approximate surface area is 157 Å². The Bertz CT molecular complexity index is 792. The summed E-state index contributed by atoms with van der Waals surface area (Å²) in [6, 6.07) is 16.4. The van der Waals surface area contributed by atoms with E-state index in [-0.39, 0.29) is 16.7 Å². The summed E-state index contributed by atoms with van der Waals surface area (Å²) in [6.45, 7) is 10.0. The molecule has 3 rings (SSSR count). The maximum atomic E-state index is 12.7. The molecule has 0 bridgehead atoms. The van der Waals surface area contributed by atoms with E-state index in [0.717, 1.165) is 18.7 Å². The topological polar surface area (TPSA) is 29.5 Å². The summed E-state index contributed by atoms with van der Waals surface area (Å²) >= 11 is 0. The van der Waals surface area contributed by atoms with Crippen LogP contribution in [0.3, 0.4) is 0 Å². The van der Waals surface area contributed by atoms with Gasteiger partial charge in [-0.2, -0.15) is 0 Å². The second kappa shape index (κ2) is 6.79. The van der Waals surface area contributed by atoms with Crippen molar-refractivity contribution >= 4 is 5.91 Å². The zero-order valence-electron chi connectivity index (χ0n) is 16.5. The number of nitrogens with zero attached hydrogens (tertiary/aromatic N) is 1. The molecule has 2 aromatic rings. The molecule has 1 amide bonds. The second-order valence-corrected chi connectivity index (χ2v) is 8.94. The first kappa shape index (κ1) is 18.5. The third-order valence-electron chi connectivity index (χ3n) is 4.92. The highest BCUT2D eigenvalue weighted by molar-refractivity contribution is 5.94. The van der Waals surface area contributed by atoms with E-state index in [1.54, 1.807) is 4.90 Å². The minimum absolute atomic E-state index is 0.0444. The molecule has 0 aromatic heterocycles. The molecule has 1 atom stereocenters. The average Bonchev–Trinajstić information content (AvgIpc) is 2.90. The molecule has 0 saturated heterocycles. The number of hydrogen-bond acceptors (Lipinski definition) is 2. The molecule has 2 aromatic carbocycles. The third-order valence-corrected chi connectivity index (χ3v) is 4.92. The fourth-order valence-corrected chi connectivity index (χ4v) is 3.78. The summed E-state index contributed by atoms with van der Waals surface area (Å²) in [7, 11) is 1.86. The van der Waals surface area contributed by atoms with Crippen LogP contribution in [0.25, 0.3) is 0 Å². The summed E-state index contributed by atoms with van der Waals surface area (Å²) in [5, 5.41) is 0. The molecule has 1 heterocycles. The molecular formula is C23H29NO2. The molecule has 0 spiro atoms. The number of hydrogen-bond donors (Lipinski definition) is 0. The molecule has 0 aliphatic carbocycles. The molecule has 26 heavy (non-hydrogen) atoms. The number of carbonyl (C=O) groups excluding carboxylic acids is 1. The molecule has 0 fully saturated rings. The molecule has 138 valence electrons. The highest BCUT2D eigenvalue weighted by Crippen LogP contribution is 2.41. The van der Waals surface area contributed by atoms with E-state index >= 15 is 0 Å².